The van der Waals surface area contributed by atoms with Crippen molar-refractivity contribution in [3.63, 3.8) is 0 Å². The van der Waals surface area contributed by atoms with E-state index in [9.17, 15) is 0 Å². The molecule has 2 nitrogen and oxygen atoms in total. The highest BCUT2D eigenvalue weighted by Gasteiger charge is 2.00. The van der Waals surface area contributed by atoms with Crippen LogP contribution < -0.4 is 4.74 Å². The molecule has 0 aliphatic rings. The molecule has 0 bridgehead atoms. The normalized spacial score (nSPS) is 11.1. The first kappa shape index (κ1) is 13.0. The van der Waals surface area contributed by atoms with Gasteiger partial charge in [-0.25, -0.2) is 0 Å². The quantitative estimate of drug-likeness (QED) is 0.731. The van der Waals surface area contributed by atoms with Gasteiger partial charge in [0.05, 0.1) is 0 Å². The number of ether oxygens (including phenoxy) is 1. The average Bonchev–Trinajstić information content (AvgIpc) is 2.29. The third-order valence-corrected chi connectivity index (χ3v) is 2.83. The lowest BCUT2D eigenvalue weighted by atomic mass is 10.0. The van der Waals surface area contributed by atoms with Gasteiger partial charge in [0, 0.05) is 6.54 Å². The second-order valence-corrected chi connectivity index (χ2v) is 4.47. The molecule has 0 N–H and O–H groups in total. The SMILES string of the molecule is CCN(C)CCOc1ccc(C(C)C)cc1. The van der Waals surface area contributed by atoms with Crippen LogP contribution in [0.2, 0.25) is 0 Å². The van der Waals surface area contributed by atoms with Crippen molar-refractivity contribution in [2.75, 3.05) is 26.7 Å². The Morgan fingerprint density at radius 2 is 1.81 bits per heavy atom. The van der Waals surface area contributed by atoms with Gasteiger partial charge < -0.3 is 9.64 Å². The molecule has 0 atom stereocenters. The van der Waals surface area contributed by atoms with E-state index in [2.05, 4.69) is 57.0 Å². The molecule has 0 amide bonds. The minimum atomic E-state index is 0.584. The van der Waals surface area contributed by atoms with Crippen LogP contribution >= 0.6 is 0 Å². The third kappa shape index (κ3) is 4.23. The van der Waals surface area contributed by atoms with Crippen LogP contribution in [0.1, 0.15) is 32.3 Å². The fourth-order valence-electron chi connectivity index (χ4n) is 1.43. The maximum Gasteiger partial charge on any atom is 0.119 e. The summed E-state index contributed by atoms with van der Waals surface area (Å²) < 4.78 is 5.67. The van der Waals surface area contributed by atoms with Gasteiger partial charge >= 0.3 is 0 Å². The molecular weight excluding hydrogens is 198 g/mol. The van der Waals surface area contributed by atoms with Gasteiger partial charge in [0.1, 0.15) is 12.4 Å². The molecule has 2 heteroatoms. The van der Waals surface area contributed by atoms with Crippen molar-refractivity contribution >= 4 is 0 Å². The third-order valence-electron chi connectivity index (χ3n) is 2.83. The van der Waals surface area contributed by atoms with Gasteiger partial charge in [-0.2, -0.15) is 0 Å². The summed E-state index contributed by atoms with van der Waals surface area (Å²) in [6, 6.07) is 8.40. The van der Waals surface area contributed by atoms with Crippen LogP contribution in [0, 0.1) is 0 Å². The molecular formula is C14H23NO. The van der Waals surface area contributed by atoms with Crippen molar-refractivity contribution in [3.8, 4) is 5.75 Å². The standard InChI is InChI=1S/C14H23NO/c1-5-15(4)10-11-16-14-8-6-13(7-9-14)12(2)3/h6-9,12H,5,10-11H2,1-4H3. The van der Waals surface area contributed by atoms with Gasteiger partial charge in [0.15, 0.2) is 0 Å². The van der Waals surface area contributed by atoms with Crippen molar-refractivity contribution in [2.45, 2.75) is 26.7 Å². The smallest absolute Gasteiger partial charge is 0.119 e. The number of hydrogen-bond donors (Lipinski definition) is 0. The van der Waals surface area contributed by atoms with Crippen LogP contribution in [-0.2, 0) is 0 Å². The summed E-state index contributed by atoms with van der Waals surface area (Å²) in [4.78, 5) is 2.24. The Morgan fingerprint density at radius 1 is 1.19 bits per heavy atom. The zero-order valence-electron chi connectivity index (χ0n) is 10.9. The van der Waals surface area contributed by atoms with E-state index in [0.717, 1.165) is 25.4 Å². The molecule has 0 radical (unpaired) electrons. The van der Waals surface area contributed by atoms with E-state index in [1.807, 2.05) is 0 Å². The van der Waals surface area contributed by atoms with Crippen LogP contribution in [-0.4, -0.2) is 31.6 Å². The summed E-state index contributed by atoms with van der Waals surface area (Å²) in [5, 5.41) is 0. The molecule has 0 aliphatic carbocycles. The highest BCUT2D eigenvalue weighted by atomic mass is 16.5. The second-order valence-electron chi connectivity index (χ2n) is 4.47. The van der Waals surface area contributed by atoms with E-state index >= 15 is 0 Å². The minimum absolute atomic E-state index is 0.584. The van der Waals surface area contributed by atoms with Gasteiger partial charge in [0.2, 0.25) is 0 Å². The molecule has 1 aromatic carbocycles. The predicted molar refractivity (Wildman–Crippen MR) is 69.2 cm³/mol. The molecule has 0 aromatic heterocycles. The van der Waals surface area contributed by atoms with Crippen LogP contribution in [0.25, 0.3) is 0 Å². The Bertz CT molecular complexity index is 292. The lowest BCUT2D eigenvalue weighted by Crippen LogP contribution is -2.23. The van der Waals surface area contributed by atoms with E-state index in [0.29, 0.717) is 5.92 Å². The number of hydrogen-bond acceptors (Lipinski definition) is 2. The highest BCUT2D eigenvalue weighted by Crippen LogP contribution is 2.18. The molecule has 0 aliphatic heterocycles. The van der Waals surface area contributed by atoms with Crippen LogP contribution in [0.3, 0.4) is 0 Å². The van der Waals surface area contributed by atoms with Crippen LogP contribution in [0.5, 0.6) is 5.75 Å². The molecule has 1 rings (SSSR count). The molecule has 0 spiro atoms. The first-order valence-corrected chi connectivity index (χ1v) is 6.04. The van der Waals surface area contributed by atoms with Crippen LogP contribution in [0.15, 0.2) is 24.3 Å². The first-order valence-electron chi connectivity index (χ1n) is 6.04. The summed E-state index contributed by atoms with van der Waals surface area (Å²) in [6.45, 7) is 9.35. The maximum absolute atomic E-state index is 5.67. The van der Waals surface area contributed by atoms with Crippen LogP contribution in [0.4, 0.5) is 0 Å². The molecule has 0 heterocycles. The average molecular weight is 221 g/mol. The number of benzene rings is 1. The summed E-state index contributed by atoms with van der Waals surface area (Å²) in [6.07, 6.45) is 0. The van der Waals surface area contributed by atoms with E-state index < -0.39 is 0 Å². The van der Waals surface area contributed by atoms with E-state index in [1.54, 1.807) is 0 Å². The van der Waals surface area contributed by atoms with Gasteiger partial charge in [0.25, 0.3) is 0 Å². The topological polar surface area (TPSA) is 12.5 Å². The summed E-state index contributed by atoms with van der Waals surface area (Å²) in [5.41, 5.74) is 1.36. The van der Waals surface area contributed by atoms with Crippen molar-refractivity contribution in [3.05, 3.63) is 29.8 Å². The predicted octanol–water partition coefficient (Wildman–Crippen LogP) is 3.14. The monoisotopic (exact) mass is 221 g/mol. The van der Waals surface area contributed by atoms with Crippen molar-refractivity contribution in [1.82, 2.24) is 4.90 Å². The lowest BCUT2D eigenvalue weighted by molar-refractivity contribution is 0.244. The molecule has 16 heavy (non-hydrogen) atoms. The zero-order valence-corrected chi connectivity index (χ0v) is 10.9. The molecule has 0 unspecified atom stereocenters. The number of nitrogens with zero attached hydrogens (tertiary/aromatic N) is 1. The fourth-order valence-corrected chi connectivity index (χ4v) is 1.43. The number of likely N-dealkylation sites (N-methyl/N-ethyl adjacent to an activating group) is 1. The first-order chi connectivity index (χ1) is 7.63. The lowest BCUT2D eigenvalue weighted by Gasteiger charge is -2.14. The molecule has 0 saturated carbocycles. The number of rotatable bonds is 6. The maximum atomic E-state index is 5.67. The Labute approximate surface area is 99.2 Å². The second kappa shape index (κ2) is 6.54. The van der Waals surface area contributed by atoms with Crippen molar-refractivity contribution in [2.24, 2.45) is 0 Å². The summed E-state index contributed by atoms with van der Waals surface area (Å²) in [7, 11) is 2.10. The molecule has 0 saturated heterocycles. The summed E-state index contributed by atoms with van der Waals surface area (Å²) >= 11 is 0. The Hall–Kier alpha value is -1.02. The Balaban J connectivity index is 2.38. The van der Waals surface area contributed by atoms with Gasteiger partial charge in [-0.05, 0) is 37.2 Å². The largest absolute Gasteiger partial charge is 0.492 e. The Morgan fingerprint density at radius 3 is 2.31 bits per heavy atom. The highest BCUT2D eigenvalue weighted by molar-refractivity contribution is 5.28. The fraction of sp³-hybridized carbons (Fsp3) is 0.571. The molecule has 1 aromatic rings. The molecule has 90 valence electrons. The molecule has 0 fully saturated rings. The van der Waals surface area contributed by atoms with E-state index in [4.69, 9.17) is 4.74 Å². The van der Waals surface area contributed by atoms with Crippen molar-refractivity contribution in [1.29, 1.82) is 0 Å². The van der Waals surface area contributed by atoms with Gasteiger partial charge in [-0.15, -0.1) is 0 Å². The van der Waals surface area contributed by atoms with Gasteiger partial charge in [-0.1, -0.05) is 32.9 Å². The van der Waals surface area contributed by atoms with Gasteiger partial charge in [-0.3, -0.25) is 0 Å². The summed E-state index contributed by atoms with van der Waals surface area (Å²) in [5.74, 6) is 1.55. The Kier molecular flexibility index (Phi) is 5.33. The minimum Gasteiger partial charge on any atom is -0.492 e. The van der Waals surface area contributed by atoms with Crippen molar-refractivity contribution < 1.29 is 4.74 Å². The van der Waals surface area contributed by atoms with E-state index in [1.165, 1.54) is 5.56 Å². The van der Waals surface area contributed by atoms with E-state index in [-0.39, 0.29) is 0 Å². The zero-order chi connectivity index (χ0) is 12.0.